The first-order valence-electron chi connectivity index (χ1n) is 8.69. The van der Waals surface area contributed by atoms with E-state index < -0.39 is 0 Å². The predicted octanol–water partition coefficient (Wildman–Crippen LogP) is 2.66. The van der Waals surface area contributed by atoms with Gasteiger partial charge in [-0.3, -0.25) is 4.79 Å². The lowest BCUT2D eigenvalue weighted by molar-refractivity contribution is -0.116. The first-order chi connectivity index (χ1) is 13.1. The van der Waals surface area contributed by atoms with Crippen LogP contribution in [0.1, 0.15) is 18.1 Å². The van der Waals surface area contributed by atoms with Crippen LogP contribution in [0.4, 0.5) is 5.69 Å². The second kappa shape index (κ2) is 6.99. The number of hydrogen-bond acceptors (Lipinski definition) is 5. The maximum Gasteiger partial charge on any atom is 0.226 e. The molecule has 0 aliphatic rings. The van der Waals surface area contributed by atoms with Gasteiger partial charge in [0.2, 0.25) is 5.91 Å². The molecule has 0 radical (unpaired) electrons. The van der Waals surface area contributed by atoms with E-state index >= 15 is 0 Å². The summed E-state index contributed by atoms with van der Waals surface area (Å²) in [5.74, 6) is 1.53. The number of nitrogens with zero attached hydrogens (tertiary/aromatic N) is 6. The Bertz CT molecular complexity index is 1110. The van der Waals surface area contributed by atoms with Crippen molar-refractivity contribution in [2.45, 2.75) is 26.8 Å². The number of imidazole rings is 1. The third-order valence-electron chi connectivity index (χ3n) is 4.41. The van der Waals surface area contributed by atoms with Crippen LogP contribution in [0.15, 0.2) is 48.5 Å². The van der Waals surface area contributed by atoms with Gasteiger partial charge in [0, 0.05) is 18.7 Å². The number of tetrazole rings is 1. The molecule has 0 spiro atoms. The van der Waals surface area contributed by atoms with E-state index in [2.05, 4.69) is 30.4 Å². The smallest absolute Gasteiger partial charge is 0.226 e. The summed E-state index contributed by atoms with van der Waals surface area (Å²) in [6.45, 7) is 4.35. The molecule has 136 valence electrons. The lowest BCUT2D eigenvalue weighted by Gasteiger charge is -2.09. The molecule has 2 aromatic heterocycles. The van der Waals surface area contributed by atoms with Crippen LogP contribution >= 0.6 is 0 Å². The number of aromatic nitrogens is 6. The van der Waals surface area contributed by atoms with Gasteiger partial charge in [-0.25, -0.2) is 4.98 Å². The number of benzene rings is 2. The van der Waals surface area contributed by atoms with Crippen molar-refractivity contribution in [3.8, 4) is 5.69 Å². The second-order valence-corrected chi connectivity index (χ2v) is 6.29. The Balaban J connectivity index is 1.45. The average Bonchev–Trinajstić information content (AvgIpc) is 3.22. The summed E-state index contributed by atoms with van der Waals surface area (Å²) in [6.07, 6.45) is 0.356. The number of carbonyl (C=O) groups is 1. The summed E-state index contributed by atoms with van der Waals surface area (Å²) in [5, 5.41) is 14.4. The van der Waals surface area contributed by atoms with Crippen molar-refractivity contribution in [3.63, 3.8) is 0 Å². The van der Waals surface area contributed by atoms with Crippen molar-refractivity contribution in [1.82, 2.24) is 29.8 Å². The number of aryl methyl sites for hydroxylation is 3. The van der Waals surface area contributed by atoms with Gasteiger partial charge in [-0.1, -0.05) is 18.2 Å². The van der Waals surface area contributed by atoms with Crippen LogP contribution in [0, 0.1) is 13.8 Å². The number of carbonyl (C=O) groups excluding carboxylic acids is 1. The highest BCUT2D eigenvalue weighted by Gasteiger charge is 2.10. The molecule has 0 atom stereocenters. The molecular formula is C19H19N7O. The van der Waals surface area contributed by atoms with Crippen LogP contribution in [-0.2, 0) is 11.3 Å². The van der Waals surface area contributed by atoms with Gasteiger partial charge >= 0.3 is 0 Å². The lowest BCUT2D eigenvalue weighted by atomic mass is 10.2. The second-order valence-electron chi connectivity index (χ2n) is 6.29. The Hall–Kier alpha value is -3.55. The van der Waals surface area contributed by atoms with E-state index in [1.165, 1.54) is 0 Å². The molecule has 27 heavy (non-hydrogen) atoms. The number of fused-ring (bicyclic) bond motifs is 1. The summed E-state index contributed by atoms with van der Waals surface area (Å²) in [4.78, 5) is 17.0. The van der Waals surface area contributed by atoms with Gasteiger partial charge in [0.1, 0.15) is 5.82 Å². The first-order valence-corrected chi connectivity index (χ1v) is 8.69. The molecule has 8 heteroatoms. The Morgan fingerprint density at radius 2 is 1.93 bits per heavy atom. The quantitative estimate of drug-likeness (QED) is 0.590. The minimum absolute atomic E-state index is 0.0576. The first kappa shape index (κ1) is 16.9. The van der Waals surface area contributed by atoms with Gasteiger partial charge in [0.15, 0.2) is 5.82 Å². The Morgan fingerprint density at radius 1 is 1.07 bits per heavy atom. The highest BCUT2D eigenvalue weighted by atomic mass is 16.1. The molecule has 0 bridgehead atoms. The van der Waals surface area contributed by atoms with Gasteiger partial charge in [-0.15, -0.1) is 5.10 Å². The van der Waals surface area contributed by atoms with Crippen LogP contribution in [0.5, 0.6) is 0 Å². The van der Waals surface area contributed by atoms with Gasteiger partial charge in [0.05, 0.1) is 16.7 Å². The van der Waals surface area contributed by atoms with Gasteiger partial charge in [0.25, 0.3) is 0 Å². The van der Waals surface area contributed by atoms with E-state index in [1.54, 1.807) is 4.68 Å². The van der Waals surface area contributed by atoms with Crippen molar-refractivity contribution in [2.75, 3.05) is 5.32 Å². The third kappa shape index (κ3) is 3.41. The molecule has 1 amide bonds. The molecule has 0 unspecified atom stereocenters. The summed E-state index contributed by atoms with van der Waals surface area (Å²) >= 11 is 0. The normalized spacial score (nSPS) is 11.0. The maximum atomic E-state index is 12.4. The van der Waals surface area contributed by atoms with E-state index in [0.29, 0.717) is 24.5 Å². The minimum Gasteiger partial charge on any atom is -0.328 e. The van der Waals surface area contributed by atoms with Crippen LogP contribution < -0.4 is 5.32 Å². The summed E-state index contributed by atoms with van der Waals surface area (Å²) < 4.78 is 3.69. The molecular weight excluding hydrogens is 342 g/mol. The minimum atomic E-state index is -0.0576. The van der Waals surface area contributed by atoms with Crippen molar-refractivity contribution in [1.29, 1.82) is 0 Å². The van der Waals surface area contributed by atoms with Crippen molar-refractivity contribution >= 4 is 22.6 Å². The van der Waals surface area contributed by atoms with Crippen molar-refractivity contribution < 1.29 is 4.79 Å². The number of anilines is 1. The van der Waals surface area contributed by atoms with E-state index in [4.69, 9.17) is 0 Å². The highest BCUT2D eigenvalue weighted by Crippen LogP contribution is 2.17. The van der Waals surface area contributed by atoms with Crippen LogP contribution in [0.3, 0.4) is 0 Å². The Kier molecular flexibility index (Phi) is 4.37. The number of amides is 1. The van der Waals surface area contributed by atoms with E-state index in [1.807, 2.05) is 62.4 Å². The molecule has 2 aromatic carbocycles. The number of rotatable bonds is 5. The van der Waals surface area contributed by atoms with Gasteiger partial charge in [-0.2, -0.15) is 4.68 Å². The third-order valence-corrected chi connectivity index (χ3v) is 4.41. The standard InChI is InChI=1S/C19H19N7O/c1-13-20-17-8-3-4-9-18(17)25(13)11-10-19(27)21-15-6-5-7-16(12-15)26-14(2)22-23-24-26/h3-9,12H,10-11H2,1-2H3,(H,21,27). The zero-order valence-corrected chi connectivity index (χ0v) is 15.1. The lowest BCUT2D eigenvalue weighted by Crippen LogP contribution is -2.15. The largest absolute Gasteiger partial charge is 0.328 e. The maximum absolute atomic E-state index is 12.4. The van der Waals surface area contributed by atoms with E-state index in [0.717, 1.165) is 22.5 Å². The fraction of sp³-hybridized carbons (Fsp3) is 0.211. The predicted molar refractivity (Wildman–Crippen MR) is 102 cm³/mol. The molecule has 8 nitrogen and oxygen atoms in total. The number of hydrogen-bond donors (Lipinski definition) is 1. The summed E-state index contributed by atoms with van der Waals surface area (Å²) in [7, 11) is 0. The topological polar surface area (TPSA) is 90.5 Å². The summed E-state index contributed by atoms with van der Waals surface area (Å²) in [5.41, 5.74) is 3.49. The molecule has 4 rings (SSSR count). The molecule has 0 fully saturated rings. The highest BCUT2D eigenvalue weighted by molar-refractivity contribution is 5.91. The molecule has 0 aliphatic carbocycles. The zero-order chi connectivity index (χ0) is 18.8. The fourth-order valence-corrected chi connectivity index (χ4v) is 3.10. The van der Waals surface area contributed by atoms with Crippen LogP contribution in [0.25, 0.3) is 16.7 Å². The van der Waals surface area contributed by atoms with Gasteiger partial charge < -0.3 is 9.88 Å². The molecule has 2 heterocycles. The van der Waals surface area contributed by atoms with Crippen LogP contribution in [0.2, 0.25) is 0 Å². The molecule has 0 saturated heterocycles. The Morgan fingerprint density at radius 3 is 2.74 bits per heavy atom. The number of nitrogens with one attached hydrogen (secondary N) is 1. The van der Waals surface area contributed by atoms with Crippen molar-refractivity contribution in [3.05, 3.63) is 60.2 Å². The Labute approximate surface area is 155 Å². The van der Waals surface area contributed by atoms with E-state index in [9.17, 15) is 4.79 Å². The molecule has 4 aromatic rings. The van der Waals surface area contributed by atoms with Crippen LogP contribution in [-0.4, -0.2) is 35.7 Å². The van der Waals surface area contributed by atoms with Gasteiger partial charge in [-0.05, 0) is 54.6 Å². The molecule has 1 N–H and O–H groups in total. The average molecular weight is 361 g/mol. The monoisotopic (exact) mass is 361 g/mol. The SMILES string of the molecule is Cc1nnnn1-c1cccc(NC(=O)CCn2c(C)nc3ccccc32)c1. The zero-order valence-electron chi connectivity index (χ0n) is 15.1. The van der Waals surface area contributed by atoms with Crippen molar-refractivity contribution in [2.24, 2.45) is 0 Å². The van der Waals surface area contributed by atoms with E-state index in [-0.39, 0.29) is 5.91 Å². The summed E-state index contributed by atoms with van der Waals surface area (Å²) in [6, 6.07) is 15.4. The molecule has 0 saturated carbocycles. The fourth-order valence-electron chi connectivity index (χ4n) is 3.10. The number of para-hydroxylation sites is 2. The molecule has 0 aliphatic heterocycles.